The Balaban J connectivity index is 1.21. The van der Waals surface area contributed by atoms with E-state index in [1.807, 2.05) is 127 Å². The highest BCUT2D eigenvalue weighted by Crippen LogP contribution is 2.22. The van der Waals surface area contributed by atoms with Gasteiger partial charge in [0.1, 0.15) is 24.2 Å². The van der Waals surface area contributed by atoms with Crippen LogP contribution >= 0.6 is 0 Å². The van der Waals surface area contributed by atoms with E-state index in [9.17, 15) is 24.0 Å². The Bertz CT molecular complexity index is 2570. The minimum Gasteiger partial charge on any atom is -0.368 e. The fourth-order valence-electron chi connectivity index (χ4n) is 8.49. The first-order valence-corrected chi connectivity index (χ1v) is 22.0. The minimum atomic E-state index is -1.17. The van der Waals surface area contributed by atoms with Crippen LogP contribution in [0.1, 0.15) is 48.8 Å². The number of fused-ring (bicyclic) bond motifs is 3. The molecular weight excluding hydrogens is 791 g/mol. The van der Waals surface area contributed by atoms with Crippen molar-refractivity contribution in [1.82, 2.24) is 26.6 Å². The minimum absolute atomic E-state index is 0.0823. The van der Waals surface area contributed by atoms with Crippen LogP contribution in [0.25, 0.3) is 32.3 Å². The molecular formula is C51H57N7O5. The second kappa shape index (κ2) is 21.4. The molecule has 7 rings (SSSR count). The lowest BCUT2D eigenvalue weighted by atomic mass is 9.95. The van der Waals surface area contributed by atoms with Crippen molar-refractivity contribution in [2.75, 3.05) is 19.6 Å². The summed E-state index contributed by atoms with van der Waals surface area (Å²) >= 11 is 0. The molecule has 12 nitrogen and oxygen atoms in total. The van der Waals surface area contributed by atoms with Gasteiger partial charge < -0.3 is 38.1 Å². The smallest absolute Gasteiger partial charge is 0.243 e. The van der Waals surface area contributed by atoms with Crippen molar-refractivity contribution in [3.05, 3.63) is 144 Å². The fourth-order valence-corrected chi connectivity index (χ4v) is 8.49. The van der Waals surface area contributed by atoms with Crippen molar-refractivity contribution >= 4 is 61.9 Å². The Hall–Kier alpha value is -6.63. The molecule has 6 aromatic rings. The van der Waals surface area contributed by atoms with Crippen LogP contribution in [0, 0.1) is 5.92 Å². The van der Waals surface area contributed by atoms with Crippen LogP contribution in [-0.2, 0) is 43.2 Å². The summed E-state index contributed by atoms with van der Waals surface area (Å²) in [5.74, 6) is -2.90. The van der Waals surface area contributed by atoms with Gasteiger partial charge in [-0.1, -0.05) is 127 Å². The Morgan fingerprint density at radius 3 is 1.60 bits per heavy atom. The van der Waals surface area contributed by atoms with Crippen LogP contribution < -0.4 is 38.1 Å². The topological polar surface area (TPSA) is 198 Å². The van der Waals surface area contributed by atoms with Crippen molar-refractivity contribution in [3.63, 3.8) is 0 Å². The van der Waals surface area contributed by atoms with Crippen molar-refractivity contribution < 1.29 is 24.0 Å². The molecule has 6 aromatic carbocycles. The zero-order valence-corrected chi connectivity index (χ0v) is 35.5. The molecule has 1 fully saturated rings. The van der Waals surface area contributed by atoms with Crippen LogP contribution in [0.4, 0.5) is 0 Å². The molecule has 0 saturated carbocycles. The largest absolute Gasteiger partial charge is 0.368 e. The zero-order chi connectivity index (χ0) is 44.1. The third-order valence-electron chi connectivity index (χ3n) is 12.0. The SMILES string of the molecule is NCCCC[C@H](NC(=O)C(Cc1cccc2ccccc12)NC(=O)C(Cc1ccc2ccccc2c1)NC(=O)[C@@H](Cc1ccc2ccccc2c1)NC(=O)C1CCNCC1)C(N)=O. The van der Waals surface area contributed by atoms with Crippen LogP contribution in [0.15, 0.2) is 127 Å². The third kappa shape index (κ3) is 11.8. The number of primary amides is 1. The Morgan fingerprint density at radius 2 is 1.03 bits per heavy atom. The number of nitrogens with one attached hydrogen (secondary N) is 5. The standard InChI is InChI=1S/C51H57N7O5/c52-25-8-7-18-43(47(53)59)55-51(63)46(32-41-16-9-15-37-12-5-6-17-42(37)41)58-50(62)45(31-34-20-22-36-11-2-4-14-40(36)29-34)57-49(61)44(56-48(60)38-23-26-54-27-24-38)30-33-19-21-35-10-1-3-13-39(35)28-33/h1-6,9-17,19-22,28-29,38,43-46,54H,7-8,18,23-27,30-32,52H2,(H2,53,59)(H,55,63)(H,56,60)(H,57,61)(H,58,62)/t43-,44+,45?,46?/m0/s1. The summed E-state index contributed by atoms with van der Waals surface area (Å²) in [4.78, 5) is 70.2. The summed E-state index contributed by atoms with van der Waals surface area (Å²) in [6.45, 7) is 1.83. The van der Waals surface area contributed by atoms with Crippen molar-refractivity contribution in [3.8, 4) is 0 Å². The van der Waals surface area contributed by atoms with Gasteiger partial charge in [0.25, 0.3) is 0 Å². The number of carbonyl (C=O) groups excluding carboxylic acids is 5. The molecule has 0 aromatic heterocycles. The highest BCUT2D eigenvalue weighted by molar-refractivity contribution is 5.97. The number of carbonyl (C=O) groups is 5. The van der Waals surface area contributed by atoms with Crippen molar-refractivity contribution in [1.29, 1.82) is 0 Å². The average molecular weight is 848 g/mol. The molecule has 9 N–H and O–H groups in total. The number of hydrogen-bond donors (Lipinski definition) is 7. The van der Waals surface area contributed by atoms with Gasteiger partial charge in [-0.05, 0) is 101 Å². The lowest BCUT2D eigenvalue weighted by Crippen LogP contribution is -2.59. The number of amides is 5. The first kappa shape index (κ1) is 44.4. The second-order valence-electron chi connectivity index (χ2n) is 16.6. The summed E-state index contributed by atoms with van der Waals surface area (Å²) < 4.78 is 0. The maximum Gasteiger partial charge on any atom is 0.243 e. The molecule has 12 heteroatoms. The molecule has 326 valence electrons. The molecule has 1 saturated heterocycles. The summed E-state index contributed by atoms with van der Waals surface area (Å²) in [5, 5.41) is 21.0. The van der Waals surface area contributed by atoms with Gasteiger partial charge in [0, 0.05) is 25.2 Å². The number of rotatable bonds is 19. The van der Waals surface area contributed by atoms with Crippen molar-refractivity contribution in [2.24, 2.45) is 17.4 Å². The van der Waals surface area contributed by atoms with Gasteiger partial charge >= 0.3 is 0 Å². The molecule has 0 aliphatic carbocycles. The molecule has 0 radical (unpaired) electrons. The predicted octanol–water partition coefficient (Wildman–Crippen LogP) is 4.73. The number of hydrogen-bond acceptors (Lipinski definition) is 7. The molecule has 2 unspecified atom stereocenters. The molecule has 4 atom stereocenters. The van der Waals surface area contributed by atoms with Gasteiger partial charge in [-0.25, -0.2) is 0 Å². The van der Waals surface area contributed by atoms with E-state index in [0.29, 0.717) is 45.3 Å². The van der Waals surface area contributed by atoms with Crippen molar-refractivity contribution in [2.45, 2.75) is 75.5 Å². The van der Waals surface area contributed by atoms with Gasteiger partial charge in [0.15, 0.2) is 0 Å². The summed E-state index contributed by atoms with van der Waals surface area (Å²) in [6.07, 6.45) is 3.14. The second-order valence-corrected chi connectivity index (χ2v) is 16.6. The monoisotopic (exact) mass is 847 g/mol. The van der Waals surface area contributed by atoms with Crippen LogP contribution in [0.2, 0.25) is 0 Å². The molecule has 0 bridgehead atoms. The zero-order valence-electron chi connectivity index (χ0n) is 35.5. The van der Waals surface area contributed by atoms with Gasteiger partial charge in [0.05, 0.1) is 0 Å². The lowest BCUT2D eigenvalue weighted by Gasteiger charge is -2.28. The van der Waals surface area contributed by atoms with E-state index in [2.05, 4.69) is 26.6 Å². The first-order chi connectivity index (χ1) is 30.6. The van der Waals surface area contributed by atoms with E-state index in [4.69, 9.17) is 11.5 Å². The molecule has 1 heterocycles. The molecule has 0 spiro atoms. The summed E-state index contributed by atoms with van der Waals surface area (Å²) in [6, 6.07) is 36.8. The molecule has 5 amide bonds. The lowest BCUT2D eigenvalue weighted by molar-refractivity contribution is -0.135. The number of benzene rings is 6. The predicted molar refractivity (Wildman–Crippen MR) is 248 cm³/mol. The van der Waals surface area contributed by atoms with Gasteiger partial charge in [-0.2, -0.15) is 0 Å². The summed E-state index contributed by atoms with van der Waals surface area (Å²) in [7, 11) is 0. The van der Waals surface area contributed by atoms with Crippen LogP contribution in [0.3, 0.4) is 0 Å². The Morgan fingerprint density at radius 1 is 0.540 bits per heavy atom. The van der Waals surface area contributed by atoms with E-state index in [0.717, 1.165) is 49.0 Å². The molecule has 1 aliphatic rings. The van der Waals surface area contributed by atoms with E-state index in [1.54, 1.807) is 0 Å². The first-order valence-electron chi connectivity index (χ1n) is 22.0. The Labute approximate surface area is 367 Å². The van der Waals surface area contributed by atoms with Crippen LogP contribution in [0.5, 0.6) is 0 Å². The highest BCUT2D eigenvalue weighted by atomic mass is 16.2. The number of unbranched alkanes of at least 4 members (excludes halogenated alkanes) is 1. The van der Waals surface area contributed by atoms with E-state index < -0.39 is 47.8 Å². The van der Waals surface area contributed by atoms with Gasteiger partial charge in [-0.15, -0.1) is 0 Å². The molecule has 63 heavy (non-hydrogen) atoms. The number of piperidine rings is 1. The third-order valence-corrected chi connectivity index (χ3v) is 12.0. The van der Waals surface area contributed by atoms with Crippen LogP contribution in [-0.4, -0.2) is 73.3 Å². The van der Waals surface area contributed by atoms with E-state index >= 15 is 0 Å². The normalized spacial score (nSPS) is 14.9. The highest BCUT2D eigenvalue weighted by Gasteiger charge is 2.33. The summed E-state index contributed by atoms with van der Waals surface area (Å²) in [5.41, 5.74) is 13.9. The number of nitrogens with two attached hydrogens (primary N) is 2. The molecule has 1 aliphatic heterocycles. The Kier molecular flexibility index (Phi) is 15.1. The maximum atomic E-state index is 14.8. The quantitative estimate of drug-likeness (QED) is 0.0573. The van der Waals surface area contributed by atoms with Gasteiger partial charge in [-0.3, -0.25) is 24.0 Å². The maximum absolute atomic E-state index is 14.8. The van der Waals surface area contributed by atoms with E-state index in [-0.39, 0.29) is 37.5 Å². The van der Waals surface area contributed by atoms with E-state index in [1.165, 1.54) is 0 Å². The fraction of sp³-hybridized carbons (Fsp3) is 0.314. The van der Waals surface area contributed by atoms with Gasteiger partial charge in [0.2, 0.25) is 29.5 Å². The average Bonchev–Trinajstić information content (AvgIpc) is 3.30.